The molecule has 7 aromatic carbocycles. The zero-order chi connectivity index (χ0) is 48.5. The molecule has 0 atom stereocenters. The molecule has 0 bridgehead atoms. The maximum atomic E-state index is 14.7. The summed E-state index contributed by atoms with van der Waals surface area (Å²) >= 11 is 0. The number of rotatable bonds is 9. The lowest BCUT2D eigenvalue weighted by atomic mass is 9.79. The fourth-order valence-corrected chi connectivity index (χ4v) is 9.89. The van der Waals surface area contributed by atoms with Crippen LogP contribution in [0.5, 0.6) is 11.5 Å². The van der Waals surface area contributed by atoms with Crippen molar-refractivity contribution in [3.05, 3.63) is 192 Å². The van der Waals surface area contributed by atoms with Crippen molar-refractivity contribution in [1.29, 1.82) is 0 Å². The lowest BCUT2D eigenvalue weighted by Gasteiger charge is -2.30. The van der Waals surface area contributed by atoms with Crippen LogP contribution in [0, 0.1) is 11.6 Å². The molecule has 0 N–H and O–H groups in total. The highest BCUT2D eigenvalue weighted by molar-refractivity contribution is 6.09. The summed E-state index contributed by atoms with van der Waals surface area (Å²) in [5.41, 5.74) is 14.5. The summed E-state index contributed by atoms with van der Waals surface area (Å²) in [6.45, 7) is 23.0. The number of benzene rings is 7. The Morgan fingerprint density at radius 2 is 1.07 bits per heavy atom. The van der Waals surface area contributed by atoms with Gasteiger partial charge in [0.05, 0.1) is 22.4 Å². The molecule has 9 aromatic rings. The molecule has 0 amide bonds. The van der Waals surface area contributed by atoms with Gasteiger partial charge in [-0.3, -0.25) is 4.57 Å². The zero-order valence-corrected chi connectivity index (χ0v) is 41.3. The maximum absolute atomic E-state index is 14.7. The highest BCUT2D eigenvalue weighted by Crippen LogP contribution is 2.51. The second-order valence-corrected chi connectivity index (χ2v) is 21.3. The van der Waals surface area contributed by atoms with Crippen LogP contribution in [-0.2, 0) is 10.8 Å². The SMILES string of the molecule is CC(C)c1cc(-c2cc(F)cc(F)c2)cc(C(C)C)c1N1CN(c2cc(Oc3ccc4c5ccccc5n(-c5ccccn5)c4c3)cc(-c3cc(C(C)(C)C)cc(C(C)(C)C)c3)c2)c2ccccc21. The van der Waals surface area contributed by atoms with Crippen molar-refractivity contribution in [2.24, 2.45) is 0 Å². The van der Waals surface area contributed by atoms with E-state index >= 15 is 0 Å². The highest BCUT2D eigenvalue weighted by atomic mass is 19.1. The first kappa shape index (κ1) is 45.5. The summed E-state index contributed by atoms with van der Waals surface area (Å²) in [7, 11) is 0. The van der Waals surface area contributed by atoms with E-state index in [0.717, 1.165) is 84.3 Å². The molecule has 7 heteroatoms. The van der Waals surface area contributed by atoms with Gasteiger partial charge >= 0.3 is 0 Å². The number of hydrogen-bond donors (Lipinski definition) is 0. The number of ether oxygens (including phenoxy) is 1. The number of aromatic nitrogens is 2. The lowest BCUT2D eigenvalue weighted by Crippen LogP contribution is -2.26. The number of fused-ring (bicyclic) bond motifs is 4. The van der Waals surface area contributed by atoms with Crippen molar-refractivity contribution in [3.8, 4) is 39.6 Å². The van der Waals surface area contributed by atoms with Crippen molar-refractivity contribution in [1.82, 2.24) is 9.55 Å². The van der Waals surface area contributed by atoms with Gasteiger partial charge in [0.25, 0.3) is 0 Å². The van der Waals surface area contributed by atoms with Gasteiger partial charge in [0.15, 0.2) is 0 Å². The molecule has 1 aliphatic rings. The lowest BCUT2D eigenvalue weighted by molar-refractivity contribution is 0.483. The second-order valence-electron chi connectivity index (χ2n) is 21.3. The summed E-state index contributed by atoms with van der Waals surface area (Å²) < 4.78 is 38.6. The van der Waals surface area contributed by atoms with Crippen LogP contribution in [0.25, 0.3) is 49.9 Å². The molecule has 69 heavy (non-hydrogen) atoms. The average Bonchev–Trinajstić information content (AvgIpc) is 3.86. The molecule has 0 radical (unpaired) electrons. The van der Waals surface area contributed by atoms with Crippen LogP contribution in [0.4, 0.5) is 31.5 Å². The van der Waals surface area contributed by atoms with Crippen molar-refractivity contribution in [3.63, 3.8) is 0 Å². The van der Waals surface area contributed by atoms with Gasteiger partial charge in [0, 0.05) is 46.5 Å². The third-order valence-electron chi connectivity index (χ3n) is 13.6. The Labute approximate surface area is 405 Å². The van der Waals surface area contributed by atoms with Crippen LogP contribution in [-0.4, -0.2) is 16.2 Å². The summed E-state index contributed by atoms with van der Waals surface area (Å²) in [4.78, 5) is 9.58. The van der Waals surface area contributed by atoms with E-state index in [2.05, 4.69) is 199 Å². The van der Waals surface area contributed by atoms with E-state index in [-0.39, 0.29) is 22.7 Å². The van der Waals surface area contributed by atoms with E-state index in [0.29, 0.717) is 23.7 Å². The first-order valence-corrected chi connectivity index (χ1v) is 24.1. The predicted molar refractivity (Wildman–Crippen MR) is 283 cm³/mol. The molecule has 5 nitrogen and oxygen atoms in total. The number of para-hydroxylation sites is 3. The van der Waals surface area contributed by atoms with Crippen molar-refractivity contribution >= 4 is 44.6 Å². The molecule has 0 saturated heterocycles. The number of nitrogens with zero attached hydrogens (tertiary/aromatic N) is 4. The highest BCUT2D eigenvalue weighted by Gasteiger charge is 2.33. The van der Waals surface area contributed by atoms with Gasteiger partial charge in [-0.15, -0.1) is 0 Å². The number of hydrogen-bond acceptors (Lipinski definition) is 4. The van der Waals surface area contributed by atoms with Gasteiger partial charge < -0.3 is 14.5 Å². The van der Waals surface area contributed by atoms with Crippen LogP contribution < -0.4 is 14.5 Å². The normalized spacial score (nSPS) is 13.1. The molecular formula is C62H60F2N4O. The first-order valence-electron chi connectivity index (χ1n) is 24.1. The summed E-state index contributed by atoms with van der Waals surface area (Å²) in [5, 5.41) is 2.27. The quantitative estimate of drug-likeness (QED) is 0.144. The number of anilines is 4. The van der Waals surface area contributed by atoms with E-state index in [4.69, 9.17) is 9.72 Å². The Hall–Kier alpha value is -7.25. The molecule has 0 aliphatic carbocycles. The molecule has 0 fully saturated rings. The smallest absolute Gasteiger partial charge is 0.137 e. The summed E-state index contributed by atoms with van der Waals surface area (Å²) in [6, 6.07) is 51.1. The van der Waals surface area contributed by atoms with Gasteiger partial charge in [-0.2, -0.15) is 0 Å². The van der Waals surface area contributed by atoms with E-state index in [1.165, 1.54) is 23.3 Å². The van der Waals surface area contributed by atoms with Gasteiger partial charge in [-0.05, 0) is 146 Å². The van der Waals surface area contributed by atoms with Crippen LogP contribution in [0.3, 0.4) is 0 Å². The van der Waals surface area contributed by atoms with Crippen molar-refractivity contribution in [2.45, 2.75) is 91.9 Å². The Kier molecular flexibility index (Phi) is 11.5. The molecule has 0 spiro atoms. The number of pyridine rings is 1. The monoisotopic (exact) mass is 914 g/mol. The average molecular weight is 915 g/mol. The van der Waals surface area contributed by atoms with Crippen LogP contribution >= 0.6 is 0 Å². The Morgan fingerprint density at radius 1 is 0.507 bits per heavy atom. The molecular weight excluding hydrogens is 855 g/mol. The maximum Gasteiger partial charge on any atom is 0.137 e. The van der Waals surface area contributed by atoms with Gasteiger partial charge in [-0.25, -0.2) is 13.8 Å². The van der Waals surface area contributed by atoms with Crippen LogP contribution in [0.15, 0.2) is 158 Å². The molecule has 10 rings (SSSR count). The second kappa shape index (κ2) is 17.4. The standard InChI is InChI=1S/C62H60F2N4O/c1-38(2)53-31-43(41-27-46(63)34-47(64)28-41)32-54(39(3)4)60(53)67-37-66(56-19-13-14-20-57(56)67)48-29-42(40-25-44(61(5,6)7)33-45(26-40)62(8,9)10)30-50(35-48)69-49-22-23-52-51-17-11-12-18-55(51)68(58(52)36-49)59-21-15-16-24-65-59/h11-36,38-39H,37H2,1-10H3. The molecule has 0 unspecified atom stereocenters. The van der Waals surface area contributed by atoms with E-state index < -0.39 is 11.6 Å². The minimum atomic E-state index is -0.589. The first-order chi connectivity index (χ1) is 32.9. The minimum Gasteiger partial charge on any atom is -0.457 e. The molecule has 1 aliphatic heterocycles. The minimum absolute atomic E-state index is 0.0799. The largest absolute Gasteiger partial charge is 0.457 e. The van der Waals surface area contributed by atoms with Gasteiger partial charge in [0.1, 0.15) is 35.6 Å². The topological polar surface area (TPSA) is 33.5 Å². The van der Waals surface area contributed by atoms with Crippen LogP contribution in [0.2, 0.25) is 0 Å². The fraction of sp³-hybridized carbons (Fsp3) is 0.242. The molecule has 348 valence electrons. The molecule has 0 saturated carbocycles. The predicted octanol–water partition coefficient (Wildman–Crippen LogP) is 17.7. The van der Waals surface area contributed by atoms with E-state index in [1.807, 2.05) is 24.4 Å². The van der Waals surface area contributed by atoms with Gasteiger partial charge in [0.2, 0.25) is 0 Å². The third-order valence-corrected chi connectivity index (χ3v) is 13.6. The number of halogens is 2. The Balaban J connectivity index is 1.14. The zero-order valence-electron chi connectivity index (χ0n) is 41.3. The molecule has 3 heterocycles. The fourth-order valence-electron chi connectivity index (χ4n) is 9.89. The third kappa shape index (κ3) is 8.64. The summed E-state index contributed by atoms with van der Waals surface area (Å²) in [6.07, 6.45) is 1.83. The summed E-state index contributed by atoms with van der Waals surface area (Å²) in [5.74, 6) is 1.32. The van der Waals surface area contributed by atoms with E-state index in [9.17, 15) is 8.78 Å². The Morgan fingerprint density at radius 3 is 1.70 bits per heavy atom. The van der Waals surface area contributed by atoms with Crippen molar-refractivity contribution in [2.75, 3.05) is 16.5 Å². The van der Waals surface area contributed by atoms with Gasteiger partial charge in [-0.1, -0.05) is 124 Å². The molecule has 2 aromatic heterocycles. The van der Waals surface area contributed by atoms with Crippen LogP contribution in [0.1, 0.15) is 103 Å². The van der Waals surface area contributed by atoms with Crippen molar-refractivity contribution < 1.29 is 13.5 Å². The van der Waals surface area contributed by atoms with E-state index in [1.54, 1.807) is 0 Å². The Bertz CT molecular complexity index is 3330.